The number of methoxy groups -OCH3 is 1. The van der Waals surface area contributed by atoms with Crippen LogP contribution in [0.2, 0.25) is 0 Å². The van der Waals surface area contributed by atoms with Crippen LogP contribution in [0.3, 0.4) is 0 Å². The first-order valence-corrected chi connectivity index (χ1v) is 8.25. The first kappa shape index (κ1) is 15.3. The number of amides is 1. The summed E-state index contributed by atoms with van der Waals surface area (Å²) in [5.74, 6) is 1.41. The zero-order chi connectivity index (χ0) is 15.7. The molecule has 4 heteroatoms. The zero-order valence-corrected chi connectivity index (χ0v) is 13.8. The highest BCUT2D eigenvalue weighted by atomic mass is 16.5. The second kappa shape index (κ2) is 5.92. The van der Waals surface area contributed by atoms with E-state index in [4.69, 9.17) is 4.74 Å². The summed E-state index contributed by atoms with van der Waals surface area (Å²) in [5.41, 5.74) is 0.863. The molecule has 4 nitrogen and oxygen atoms in total. The number of nitrogens with one attached hydrogen (secondary N) is 1. The number of carbonyl (C=O) groups is 1. The van der Waals surface area contributed by atoms with Crippen molar-refractivity contribution in [3.05, 3.63) is 29.8 Å². The maximum absolute atomic E-state index is 13.2. The Kier molecular flexibility index (Phi) is 4.13. The highest BCUT2D eigenvalue weighted by Gasteiger charge is 2.55. The van der Waals surface area contributed by atoms with Crippen LogP contribution in [0, 0.1) is 5.41 Å². The lowest BCUT2D eigenvalue weighted by atomic mass is 9.69. The highest BCUT2D eigenvalue weighted by molar-refractivity contribution is 5.87. The maximum Gasteiger partial charge on any atom is 0.231 e. The van der Waals surface area contributed by atoms with Crippen LogP contribution in [0.5, 0.6) is 5.75 Å². The molecule has 1 aromatic rings. The molecule has 2 aliphatic rings. The highest BCUT2D eigenvalue weighted by Crippen LogP contribution is 2.50. The molecule has 2 fully saturated rings. The molecular formula is C18H26N2O2. The summed E-state index contributed by atoms with van der Waals surface area (Å²) in [6.45, 7) is 6.78. The molecule has 3 rings (SSSR count). The summed E-state index contributed by atoms with van der Waals surface area (Å²) < 4.78 is 5.57. The lowest BCUT2D eigenvalue weighted by Crippen LogP contribution is -2.48. The van der Waals surface area contributed by atoms with Gasteiger partial charge in [0.15, 0.2) is 0 Å². The molecule has 120 valence electrons. The van der Waals surface area contributed by atoms with Crippen molar-refractivity contribution in [3.63, 3.8) is 0 Å². The average Bonchev–Trinajstić information content (AvgIpc) is 2.81. The SMILES string of the molecule is COc1ccccc1[C@H]1CN(C(C)C)C(=O)[C@]12CCCNC2. The quantitative estimate of drug-likeness (QED) is 0.932. The fourth-order valence-electron chi connectivity index (χ4n) is 4.09. The number of hydrogen-bond acceptors (Lipinski definition) is 3. The van der Waals surface area contributed by atoms with Gasteiger partial charge in [-0.15, -0.1) is 0 Å². The van der Waals surface area contributed by atoms with Crippen LogP contribution in [0.15, 0.2) is 24.3 Å². The van der Waals surface area contributed by atoms with Crippen LogP contribution in [-0.4, -0.2) is 43.6 Å². The van der Waals surface area contributed by atoms with Crippen molar-refractivity contribution in [2.24, 2.45) is 5.41 Å². The lowest BCUT2D eigenvalue weighted by molar-refractivity contribution is -0.138. The van der Waals surface area contributed by atoms with Crippen molar-refractivity contribution in [1.29, 1.82) is 0 Å². The van der Waals surface area contributed by atoms with Crippen LogP contribution in [-0.2, 0) is 4.79 Å². The molecule has 0 radical (unpaired) electrons. The van der Waals surface area contributed by atoms with E-state index >= 15 is 0 Å². The molecule has 0 aromatic heterocycles. The Morgan fingerprint density at radius 3 is 2.77 bits per heavy atom. The summed E-state index contributed by atoms with van der Waals surface area (Å²) >= 11 is 0. The van der Waals surface area contributed by atoms with Crippen LogP contribution in [0.1, 0.15) is 38.2 Å². The molecule has 1 N–H and O–H groups in total. The van der Waals surface area contributed by atoms with Gasteiger partial charge in [0.05, 0.1) is 12.5 Å². The smallest absolute Gasteiger partial charge is 0.231 e. The number of nitrogens with zero attached hydrogens (tertiary/aromatic N) is 1. The maximum atomic E-state index is 13.2. The number of rotatable bonds is 3. The molecule has 22 heavy (non-hydrogen) atoms. The average molecular weight is 302 g/mol. The van der Waals surface area contributed by atoms with Gasteiger partial charge in [-0.1, -0.05) is 18.2 Å². The number of likely N-dealkylation sites (tertiary alicyclic amines) is 1. The zero-order valence-electron chi connectivity index (χ0n) is 13.8. The van der Waals surface area contributed by atoms with E-state index in [1.165, 1.54) is 5.56 Å². The molecular weight excluding hydrogens is 276 g/mol. The minimum Gasteiger partial charge on any atom is -0.496 e. The van der Waals surface area contributed by atoms with Gasteiger partial charge in [-0.3, -0.25) is 4.79 Å². The first-order valence-electron chi connectivity index (χ1n) is 8.25. The van der Waals surface area contributed by atoms with Crippen molar-refractivity contribution >= 4 is 5.91 Å². The molecule has 0 unspecified atom stereocenters. The topological polar surface area (TPSA) is 41.6 Å². The fourth-order valence-corrected chi connectivity index (χ4v) is 4.09. The van der Waals surface area contributed by atoms with Crippen LogP contribution < -0.4 is 10.1 Å². The molecule has 1 spiro atoms. The molecule has 2 atom stereocenters. The largest absolute Gasteiger partial charge is 0.496 e. The van der Waals surface area contributed by atoms with Gasteiger partial charge < -0.3 is 15.0 Å². The Hall–Kier alpha value is -1.55. The van der Waals surface area contributed by atoms with E-state index in [2.05, 4.69) is 25.2 Å². The monoisotopic (exact) mass is 302 g/mol. The van der Waals surface area contributed by atoms with Gasteiger partial charge in [0, 0.05) is 30.6 Å². The number of para-hydroxylation sites is 1. The van der Waals surface area contributed by atoms with Gasteiger partial charge in [0.1, 0.15) is 5.75 Å². The van der Waals surface area contributed by atoms with Crippen molar-refractivity contribution in [2.75, 3.05) is 26.7 Å². The summed E-state index contributed by atoms with van der Waals surface area (Å²) in [6.07, 6.45) is 2.02. The Labute approximate surface area is 132 Å². The third kappa shape index (κ3) is 2.30. The molecule has 0 saturated carbocycles. The van der Waals surface area contributed by atoms with Crippen molar-refractivity contribution in [1.82, 2.24) is 10.2 Å². The molecule has 2 heterocycles. The first-order chi connectivity index (χ1) is 10.6. The van der Waals surface area contributed by atoms with Crippen molar-refractivity contribution in [2.45, 2.75) is 38.6 Å². The molecule has 2 saturated heterocycles. The summed E-state index contributed by atoms with van der Waals surface area (Å²) in [7, 11) is 1.71. The second-order valence-corrected chi connectivity index (χ2v) is 6.78. The molecule has 2 aliphatic heterocycles. The lowest BCUT2D eigenvalue weighted by Gasteiger charge is -2.37. The normalized spacial score (nSPS) is 28.6. The van der Waals surface area contributed by atoms with Crippen LogP contribution in [0.4, 0.5) is 0 Å². The third-order valence-electron chi connectivity index (χ3n) is 5.29. The molecule has 0 bridgehead atoms. The van der Waals surface area contributed by atoms with E-state index in [1.807, 2.05) is 23.1 Å². The van der Waals surface area contributed by atoms with E-state index in [9.17, 15) is 4.79 Å². The van der Waals surface area contributed by atoms with Gasteiger partial charge in [-0.05, 0) is 39.3 Å². The number of benzene rings is 1. The summed E-state index contributed by atoms with van der Waals surface area (Å²) in [6, 6.07) is 8.40. The molecule has 1 amide bonds. The van der Waals surface area contributed by atoms with E-state index in [1.54, 1.807) is 7.11 Å². The van der Waals surface area contributed by atoms with Crippen molar-refractivity contribution in [3.8, 4) is 5.75 Å². The second-order valence-electron chi connectivity index (χ2n) is 6.78. The third-order valence-corrected chi connectivity index (χ3v) is 5.29. The fraction of sp³-hybridized carbons (Fsp3) is 0.611. The Bertz CT molecular complexity index is 550. The van der Waals surface area contributed by atoms with E-state index < -0.39 is 0 Å². The van der Waals surface area contributed by atoms with Crippen molar-refractivity contribution < 1.29 is 9.53 Å². The van der Waals surface area contributed by atoms with Gasteiger partial charge in [0.2, 0.25) is 5.91 Å². The number of hydrogen-bond donors (Lipinski definition) is 1. The summed E-state index contributed by atoms with van der Waals surface area (Å²) in [4.78, 5) is 15.2. The van der Waals surface area contributed by atoms with Gasteiger partial charge in [-0.2, -0.15) is 0 Å². The van der Waals surface area contributed by atoms with Crippen LogP contribution >= 0.6 is 0 Å². The van der Waals surface area contributed by atoms with Gasteiger partial charge in [0.25, 0.3) is 0 Å². The Morgan fingerprint density at radius 1 is 1.36 bits per heavy atom. The van der Waals surface area contributed by atoms with Crippen LogP contribution in [0.25, 0.3) is 0 Å². The van der Waals surface area contributed by atoms with E-state index in [-0.39, 0.29) is 17.4 Å². The number of piperidine rings is 1. The standard InChI is InChI=1S/C18H26N2O2/c1-13(2)20-11-15(14-7-4-5-8-16(14)22-3)18(17(20)21)9-6-10-19-12-18/h4-5,7-8,13,15,19H,6,9-12H2,1-3H3/t15-,18+/m1/s1. The van der Waals surface area contributed by atoms with Gasteiger partial charge >= 0.3 is 0 Å². The Balaban J connectivity index is 2.05. The molecule has 0 aliphatic carbocycles. The summed E-state index contributed by atoms with van der Waals surface area (Å²) in [5, 5.41) is 3.46. The minimum atomic E-state index is -0.308. The number of carbonyl (C=O) groups excluding carboxylic acids is 1. The predicted octanol–water partition coefficient (Wildman–Crippen LogP) is 2.40. The van der Waals surface area contributed by atoms with E-state index in [0.29, 0.717) is 5.91 Å². The minimum absolute atomic E-state index is 0.200. The predicted molar refractivity (Wildman–Crippen MR) is 87.1 cm³/mol. The van der Waals surface area contributed by atoms with E-state index in [0.717, 1.165) is 38.2 Å². The Morgan fingerprint density at radius 2 is 2.14 bits per heavy atom. The van der Waals surface area contributed by atoms with Gasteiger partial charge in [-0.25, -0.2) is 0 Å². The molecule has 1 aromatic carbocycles. The number of ether oxygens (including phenoxy) is 1.